The van der Waals surface area contributed by atoms with E-state index >= 15 is 0 Å². The standard InChI is InChI=1S/C16H22N2O3/c1-11-12(6-3-8-17)15-13(16(20)21)5-2-7-14(15)18(11)9-4-10-19/h2,5,7,19H,3-4,6,8-10,17H2,1H3,(H,20,21). The molecule has 4 N–H and O–H groups in total. The van der Waals surface area contributed by atoms with Gasteiger partial charge in [-0.05, 0) is 50.4 Å². The summed E-state index contributed by atoms with van der Waals surface area (Å²) in [4.78, 5) is 11.5. The van der Waals surface area contributed by atoms with Crippen LogP contribution in [0.15, 0.2) is 18.2 Å². The average Bonchev–Trinajstić information content (AvgIpc) is 2.74. The van der Waals surface area contributed by atoms with E-state index in [-0.39, 0.29) is 6.61 Å². The third-order valence-electron chi connectivity index (χ3n) is 3.88. The van der Waals surface area contributed by atoms with E-state index in [0.29, 0.717) is 25.1 Å². The van der Waals surface area contributed by atoms with Gasteiger partial charge >= 0.3 is 5.97 Å². The van der Waals surface area contributed by atoms with Gasteiger partial charge in [-0.15, -0.1) is 0 Å². The number of aryl methyl sites for hydroxylation is 2. The molecule has 0 atom stereocenters. The lowest BCUT2D eigenvalue weighted by atomic mass is 10.0. The van der Waals surface area contributed by atoms with Gasteiger partial charge in [-0.3, -0.25) is 0 Å². The molecule has 1 aromatic carbocycles. The summed E-state index contributed by atoms with van der Waals surface area (Å²) < 4.78 is 2.10. The van der Waals surface area contributed by atoms with Gasteiger partial charge < -0.3 is 20.5 Å². The minimum absolute atomic E-state index is 0.121. The van der Waals surface area contributed by atoms with Gasteiger partial charge in [0.15, 0.2) is 0 Å². The number of carboxylic acid groups (broad SMARTS) is 1. The number of aliphatic hydroxyl groups excluding tert-OH is 1. The van der Waals surface area contributed by atoms with Crippen LogP contribution in [0.3, 0.4) is 0 Å². The zero-order chi connectivity index (χ0) is 15.4. The summed E-state index contributed by atoms with van der Waals surface area (Å²) in [6, 6.07) is 5.36. The van der Waals surface area contributed by atoms with E-state index in [9.17, 15) is 9.90 Å². The first-order valence-corrected chi connectivity index (χ1v) is 7.26. The smallest absolute Gasteiger partial charge is 0.336 e. The number of hydrogen-bond acceptors (Lipinski definition) is 3. The third-order valence-corrected chi connectivity index (χ3v) is 3.88. The third kappa shape index (κ3) is 2.94. The van der Waals surface area contributed by atoms with Crippen molar-refractivity contribution in [1.29, 1.82) is 0 Å². The molecular formula is C16H22N2O3. The van der Waals surface area contributed by atoms with Gasteiger partial charge in [-0.1, -0.05) is 6.07 Å². The van der Waals surface area contributed by atoms with Crippen molar-refractivity contribution >= 4 is 16.9 Å². The number of aliphatic hydroxyl groups is 1. The number of aromatic carboxylic acids is 1. The molecule has 0 fully saturated rings. The molecule has 1 heterocycles. The first-order valence-electron chi connectivity index (χ1n) is 7.26. The van der Waals surface area contributed by atoms with Crippen LogP contribution in [0, 0.1) is 6.92 Å². The zero-order valence-corrected chi connectivity index (χ0v) is 12.3. The fraction of sp³-hybridized carbons (Fsp3) is 0.438. The second-order valence-corrected chi connectivity index (χ2v) is 5.19. The summed E-state index contributed by atoms with van der Waals surface area (Å²) in [7, 11) is 0. The van der Waals surface area contributed by atoms with Crippen LogP contribution in [0.25, 0.3) is 10.9 Å². The summed E-state index contributed by atoms with van der Waals surface area (Å²) >= 11 is 0. The minimum Gasteiger partial charge on any atom is -0.478 e. The van der Waals surface area contributed by atoms with Crippen LogP contribution < -0.4 is 5.73 Å². The van der Waals surface area contributed by atoms with E-state index in [4.69, 9.17) is 10.8 Å². The Morgan fingerprint density at radius 2 is 2.10 bits per heavy atom. The number of nitrogens with zero attached hydrogens (tertiary/aromatic N) is 1. The van der Waals surface area contributed by atoms with Gasteiger partial charge in [0.2, 0.25) is 0 Å². The number of carbonyl (C=O) groups is 1. The molecule has 0 amide bonds. The van der Waals surface area contributed by atoms with E-state index in [1.54, 1.807) is 12.1 Å². The van der Waals surface area contributed by atoms with E-state index in [2.05, 4.69) is 4.57 Å². The molecule has 0 spiro atoms. The first kappa shape index (κ1) is 15.5. The van der Waals surface area contributed by atoms with Crippen LogP contribution in [0.1, 0.15) is 34.5 Å². The maximum atomic E-state index is 11.5. The van der Waals surface area contributed by atoms with Crippen molar-refractivity contribution in [2.45, 2.75) is 32.7 Å². The molecule has 5 heteroatoms. The molecule has 0 radical (unpaired) electrons. The molecule has 0 saturated heterocycles. The lowest BCUT2D eigenvalue weighted by Gasteiger charge is -2.07. The molecule has 0 aliphatic carbocycles. The van der Waals surface area contributed by atoms with Crippen molar-refractivity contribution in [3.05, 3.63) is 35.0 Å². The Bertz CT molecular complexity index is 646. The van der Waals surface area contributed by atoms with Crippen molar-refractivity contribution in [3.8, 4) is 0 Å². The van der Waals surface area contributed by atoms with Gasteiger partial charge in [-0.2, -0.15) is 0 Å². The summed E-state index contributed by atoms with van der Waals surface area (Å²) in [5.74, 6) is -0.908. The molecule has 0 aliphatic rings. The lowest BCUT2D eigenvalue weighted by Crippen LogP contribution is -2.04. The highest BCUT2D eigenvalue weighted by atomic mass is 16.4. The SMILES string of the molecule is Cc1c(CCCN)c2c(C(=O)O)cccc2n1CCCO. The first-order chi connectivity index (χ1) is 10.1. The van der Waals surface area contributed by atoms with Gasteiger partial charge in [0.1, 0.15) is 0 Å². The number of carboxylic acids is 1. The summed E-state index contributed by atoms with van der Waals surface area (Å²) in [6.07, 6.45) is 2.25. The number of nitrogens with two attached hydrogens (primary N) is 1. The molecule has 1 aromatic heterocycles. The summed E-state index contributed by atoms with van der Waals surface area (Å²) in [6.45, 7) is 3.40. The second kappa shape index (κ2) is 6.74. The van der Waals surface area contributed by atoms with Gasteiger partial charge in [0.25, 0.3) is 0 Å². The number of aromatic nitrogens is 1. The van der Waals surface area contributed by atoms with Crippen LogP contribution >= 0.6 is 0 Å². The Hall–Kier alpha value is -1.85. The monoisotopic (exact) mass is 290 g/mol. The maximum absolute atomic E-state index is 11.5. The summed E-state index contributed by atoms with van der Waals surface area (Å²) in [5.41, 5.74) is 8.99. The van der Waals surface area contributed by atoms with Crippen LogP contribution in [-0.4, -0.2) is 33.9 Å². The van der Waals surface area contributed by atoms with Crippen LogP contribution in [-0.2, 0) is 13.0 Å². The highest BCUT2D eigenvalue weighted by Crippen LogP contribution is 2.30. The van der Waals surface area contributed by atoms with Crippen LogP contribution in [0.5, 0.6) is 0 Å². The zero-order valence-electron chi connectivity index (χ0n) is 12.3. The molecule has 0 bridgehead atoms. The molecule has 0 aliphatic heterocycles. The van der Waals surface area contributed by atoms with Gasteiger partial charge in [0, 0.05) is 29.7 Å². The predicted octanol–water partition coefficient (Wildman–Crippen LogP) is 1.92. The van der Waals surface area contributed by atoms with Crippen LogP contribution in [0.2, 0.25) is 0 Å². The van der Waals surface area contributed by atoms with Crippen molar-refractivity contribution in [2.24, 2.45) is 5.73 Å². The van der Waals surface area contributed by atoms with Crippen LogP contribution in [0.4, 0.5) is 0 Å². The molecule has 2 rings (SSSR count). The normalized spacial score (nSPS) is 11.2. The van der Waals surface area contributed by atoms with Gasteiger partial charge in [-0.25, -0.2) is 4.79 Å². The van der Waals surface area contributed by atoms with E-state index in [0.717, 1.165) is 35.0 Å². The largest absolute Gasteiger partial charge is 0.478 e. The van der Waals surface area contributed by atoms with Crippen molar-refractivity contribution in [1.82, 2.24) is 4.57 Å². The topological polar surface area (TPSA) is 88.5 Å². The Kier molecular flexibility index (Phi) is 4.98. The Morgan fingerprint density at radius 3 is 2.71 bits per heavy atom. The molecule has 114 valence electrons. The highest BCUT2D eigenvalue weighted by Gasteiger charge is 2.19. The highest BCUT2D eigenvalue weighted by molar-refractivity contribution is 6.05. The van der Waals surface area contributed by atoms with E-state index < -0.39 is 5.97 Å². The number of hydrogen-bond donors (Lipinski definition) is 3. The van der Waals surface area contributed by atoms with Crippen molar-refractivity contribution in [3.63, 3.8) is 0 Å². The molecule has 21 heavy (non-hydrogen) atoms. The fourth-order valence-electron chi connectivity index (χ4n) is 2.89. The maximum Gasteiger partial charge on any atom is 0.336 e. The second-order valence-electron chi connectivity index (χ2n) is 5.19. The predicted molar refractivity (Wildman–Crippen MR) is 82.7 cm³/mol. The Balaban J connectivity index is 2.66. The average molecular weight is 290 g/mol. The lowest BCUT2D eigenvalue weighted by molar-refractivity contribution is 0.0699. The van der Waals surface area contributed by atoms with E-state index in [1.807, 2.05) is 13.0 Å². The summed E-state index contributed by atoms with van der Waals surface area (Å²) in [5, 5.41) is 19.3. The van der Waals surface area contributed by atoms with Crippen molar-refractivity contribution in [2.75, 3.05) is 13.2 Å². The number of rotatable bonds is 7. The van der Waals surface area contributed by atoms with Crippen molar-refractivity contribution < 1.29 is 15.0 Å². The Labute approximate surface area is 124 Å². The molecule has 0 unspecified atom stereocenters. The molecule has 0 saturated carbocycles. The molecular weight excluding hydrogens is 268 g/mol. The Morgan fingerprint density at radius 1 is 1.33 bits per heavy atom. The molecule has 2 aromatic rings. The quantitative estimate of drug-likeness (QED) is 0.727. The molecule has 5 nitrogen and oxygen atoms in total. The number of benzene rings is 1. The number of fused-ring (bicyclic) bond motifs is 1. The minimum atomic E-state index is -0.908. The fourth-order valence-corrected chi connectivity index (χ4v) is 2.89. The van der Waals surface area contributed by atoms with E-state index in [1.165, 1.54) is 0 Å². The van der Waals surface area contributed by atoms with Gasteiger partial charge in [0.05, 0.1) is 5.56 Å².